The maximum absolute atomic E-state index is 12.0. The van der Waals surface area contributed by atoms with Crippen LogP contribution in [0.4, 0.5) is 0 Å². The van der Waals surface area contributed by atoms with Gasteiger partial charge in [0.15, 0.2) is 9.84 Å². The zero-order valence-electron chi connectivity index (χ0n) is 13.4. The topological polar surface area (TPSA) is 63.2 Å². The van der Waals surface area contributed by atoms with Gasteiger partial charge in [-0.1, -0.05) is 32.9 Å². The van der Waals surface area contributed by atoms with Crippen LogP contribution in [0.2, 0.25) is 0 Å². The van der Waals surface area contributed by atoms with Crippen LogP contribution in [0.3, 0.4) is 0 Å². The Labute approximate surface area is 127 Å². The lowest BCUT2D eigenvalue weighted by Crippen LogP contribution is -2.27. The number of carbonyl (C=O) groups excluding carboxylic acids is 1. The first kappa shape index (κ1) is 17.7. The Morgan fingerprint density at radius 2 is 1.67 bits per heavy atom. The number of hydrogen-bond donors (Lipinski definition) is 1. The third-order valence-electron chi connectivity index (χ3n) is 3.05. The second kappa shape index (κ2) is 6.60. The SMILES string of the molecule is CC(C)S(=O)(=O)c1ccc(CNC(=O)CC(C)(C)C)cc1. The van der Waals surface area contributed by atoms with E-state index in [0.29, 0.717) is 17.9 Å². The van der Waals surface area contributed by atoms with Crippen LogP contribution >= 0.6 is 0 Å². The molecule has 4 nitrogen and oxygen atoms in total. The molecule has 0 radical (unpaired) electrons. The van der Waals surface area contributed by atoms with Crippen LogP contribution in [0, 0.1) is 5.41 Å². The predicted octanol–water partition coefficient (Wildman–Crippen LogP) is 2.92. The van der Waals surface area contributed by atoms with Gasteiger partial charge in [0, 0.05) is 13.0 Å². The van der Waals surface area contributed by atoms with Gasteiger partial charge in [-0.15, -0.1) is 0 Å². The minimum absolute atomic E-state index is 0.00128. The molecule has 118 valence electrons. The first-order valence-electron chi connectivity index (χ1n) is 7.12. The Morgan fingerprint density at radius 1 is 1.14 bits per heavy atom. The molecule has 0 unspecified atom stereocenters. The number of carbonyl (C=O) groups is 1. The van der Waals surface area contributed by atoms with Crippen LogP contribution in [-0.4, -0.2) is 19.6 Å². The van der Waals surface area contributed by atoms with Gasteiger partial charge in [0.1, 0.15) is 0 Å². The van der Waals surface area contributed by atoms with Gasteiger partial charge < -0.3 is 5.32 Å². The highest BCUT2D eigenvalue weighted by Gasteiger charge is 2.19. The van der Waals surface area contributed by atoms with Crippen molar-refractivity contribution in [3.05, 3.63) is 29.8 Å². The van der Waals surface area contributed by atoms with Crippen molar-refractivity contribution >= 4 is 15.7 Å². The van der Waals surface area contributed by atoms with E-state index in [1.54, 1.807) is 38.1 Å². The standard InChI is InChI=1S/C16H25NO3S/c1-12(2)21(19,20)14-8-6-13(7-9-14)11-17-15(18)10-16(3,4)5/h6-9,12H,10-11H2,1-5H3,(H,17,18). The Kier molecular flexibility index (Phi) is 5.56. The molecule has 0 saturated heterocycles. The van der Waals surface area contributed by atoms with Crippen LogP contribution < -0.4 is 5.32 Å². The molecular weight excluding hydrogens is 286 g/mol. The monoisotopic (exact) mass is 311 g/mol. The van der Waals surface area contributed by atoms with Crippen molar-refractivity contribution in [3.63, 3.8) is 0 Å². The summed E-state index contributed by atoms with van der Waals surface area (Å²) in [7, 11) is -3.24. The van der Waals surface area contributed by atoms with Gasteiger partial charge in [0.2, 0.25) is 5.91 Å². The Morgan fingerprint density at radius 3 is 2.10 bits per heavy atom. The normalized spacial score (nSPS) is 12.5. The Hall–Kier alpha value is -1.36. The summed E-state index contributed by atoms with van der Waals surface area (Å²) in [5.74, 6) is 0.00128. The van der Waals surface area contributed by atoms with Crippen LogP contribution in [0.15, 0.2) is 29.2 Å². The number of nitrogens with one attached hydrogen (secondary N) is 1. The van der Waals surface area contributed by atoms with Crippen molar-refractivity contribution in [3.8, 4) is 0 Å². The molecule has 0 spiro atoms. The molecule has 0 bridgehead atoms. The fourth-order valence-electron chi connectivity index (χ4n) is 1.81. The molecule has 0 heterocycles. The molecule has 0 fully saturated rings. The van der Waals surface area contributed by atoms with Gasteiger partial charge in [-0.25, -0.2) is 8.42 Å². The van der Waals surface area contributed by atoms with Crippen molar-refractivity contribution < 1.29 is 13.2 Å². The van der Waals surface area contributed by atoms with E-state index in [-0.39, 0.29) is 11.3 Å². The molecule has 1 amide bonds. The second-order valence-corrected chi connectivity index (χ2v) is 9.26. The summed E-state index contributed by atoms with van der Waals surface area (Å²) in [4.78, 5) is 12.1. The van der Waals surface area contributed by atoms with E-state index in [1.807, 2.05) is 20.8 Å². The van der Waals surface area contributed by atoms with Gasteiger partial charge in [-0.2, -0.15) is 0 Å². The second-order valence-electron chi connectivity index (χ2n) is 6.75. The zero-order valence-corrected chi connectivity index (χ0v) is 14.3. The molecule has 0 aliphatic rings. The lowest BCUT2D eigenvalue weighted by atomic mass is 9.92. The number of benzene rings is 1. The maximum Gasteiger partial charge on any atom is 0.220 e. The first-order chi connectivity index (χ1) is 9.52. The minimum atomic E-state index is -3.24. The quantitative estimate of drug-likeness (QED) is 0.909. The maximum atomic E-state index is 12.0. The predicted molar refractivity (Wildman–Crippen MR) is 84.7 cm³/mol. The van der Waals surface area contributed by atoms with E-state index in [0.717, 1.165) is 5.56 Å². The molecule has 0 aliphatic carbocycles. The summed E-state index contributed by atoms with van der Waals surface area (Å²) < 4.78 is 24.0. The lowest BCUT2D eigenvalue weighted by molar-refractivity contribution is -0.122. The van der Waals surface area contributed by atoms with Gasteiger partial charge >= 0.3 is 0 Å². The van der Waals surface area contributed by atoms with E-state index < -0.39 is 15.1 Å². The Balaban J connectivity index is 2.66. The molecule has 0 aromatic heterocycles. The fourth-order valence-corrected chi connectivity index (χ4v) is 2.87. The molecular formula is C16H25NO3S. The zero-order chi connectivity index (χ0) is 16.3. The molecule has 1 rings (SSSR count). The van der Waals surface area contributed by atoms with Crippen LogP contribution in [-0.2, 0) is 21.2 Å². The minimum Gasteiger partial charge on any atom is -0.352 e. The fraction of sp³-hybridized carbons (Fsp3) is 0.562. The lowest BCUT2D eigenvalue weighted by Gasteiger charge is -2.17. The number of sulfone groups is 1. The van der Waals surface area contributed by atoms with E-state index in [2.05, 4.69) is 5.32 Å². The van der Waals surface area contributed by atoms with Crippen molar-refractivity contribution in [1.82, 2.24) is 5.32 Å². The van der Waals surface area contributed by atoms with E-state index in [1.165, 1.54) is 0 Å². The van der Waals surface area contributed by atoms with Crippen molar-refractivity contribution in [2.45, 2.75) is 57.7 Å². The molecule has 21 heavy (non-hydrogen) atoms. The third-order valence-corrected chi connectivity index (χ3v) is 5.22. The summed E-state index contributed by atoms with van der Waals surface area (Å²) in [6, 6.07) is 6.68. The summed E-state index contributed by atoms with van der Waals surface area (Å²) >= 11 is 0. The van der Waals surface area contributed by atoms with Gasteiger partial charge in [0.25, 0.3) is 0 Å². The number of hydrogen-bond acceptors (Lipinski definition) is 3. The molecule has 0 saturated carbocycles. The Bertz CT molecular complexity index is 581. The van der Waals surface area contributed by atoms with E-state index >= 15 is 0 Å². The molecule has 0 aliphatic heterocycles. The van der Waals surface area contributed by atoms with E-state index in [9.17, 15) is 13.2 Å². The van der Waals surface area contributed by atoms with Crippen molar-refractivity contribution in [2.24, 2.45) is 5.41 Å². The average molecular weight is 311 g/mol. The van der Waals surface area contributed by atoms with Crippen LogP contribution in [0.25, 0.3) is 0 Å². The molecule has 1 aromatic carbocycles. The highest BCUT2D eigenvalue weighted by molar-refractivity contribution is 7.92. The van der Waals surface area contributed by atoms with Gasteiger partial charge in [-0.05, 0) is 37.0 Å². The van der Waals surface area contributed by atoms with Crippen LogP contribution in [0.5, 0.6) is 0 Å². The first-order valence-corrected chi connectivity index (χ1v) is 8.66. The average Bonchev–Trinajstić information content (AvgIpc) is 2.34. The van der Waals surface area contributed by atoms with Crippen molar-refractivity contribution in [1.29, 1.82) is 0 Å². The van der Waals surface area contributed by atoms with Gasteiger partial charge in [-0.3, -0.25) is 4.79 Å². The molecule has 0 atom stereocenters. The van der Waals surface area contributed by atoms with Gasteiger partial charge in [0.05, 0.1) is 10.1 Å². The summed E-state index contributed by atoms with van der Waals surface area (Å²) in [6.45, 7) is 9.78. The summed E-state index contributed by atoms with van der Waals surface area (Å²) in [6.07, 6.45) is 0.465. The third kappa shape index (κ3) is 5.50. The summed E-state index contributed by atoms with van der Waals surface area (Å²) in [5, 5.41) is 2.41. The smallest absolute Gasteiger partial charge is 0.220 e. The van der Waals surface area contributed by atoms with E-state index in [4.69, 9.17) is 0 Å². The van der Waals surface area contributed by atoms with Crippen molar-refractivity contribution in [2.75, 3.05) is 0 Å². The molecule has 1 aromatic rings. The largest absolute Gasteiger partial charge is 0.352 e. The highest BCUT2D eigenvalue weighted by atomic mass is 32.2. The number of rotatable bonds is 5. The molecule has 5 heteroatoms. The molecule has 1 N–H and O–H groups in total. The van der Waals surface area contributed by atoms with Crippen LogP contribution in [0.1, 0.15) is 46.6 Å². The number of amides is 1. The highest BCUT2D eigenvalue weighted by Crippen LogP contribution is 2.18. The summed E-state index contributed by atoms with van der Waals surface area (Å²) in [5.41, 5.74) is 0.846.